The third-order valence-corrected chi connectivity index (χ3v) is 5.49. The topological polar surface area (TPSA) is 0 Å². The van der Waals surface area contributed by atoms with Crippen LogP contribution >= 0.6 is 21.2 Å². The fourth-order valence-corrected chi connectivity index (χ4v) is 4.11. The minimum absolute atomic E-state index is 0. The van der Waals surface area contributed by atoms with E-state index in [1.807, 2.05) is 11.3 Å². The molecule has 0 fully saturated rings. The van der Waals surface area contributed by atoms with E-state index in [-0.39, 0.29) is 69.1 Å². The zero-order chi connectivity index (χ0) is 16.0. The fraction of sp³-hybridized carbons (Fsp3) is 0.400. The Morgan fingerprint density at radius 1 is 1.12 bits per heavy atom. The van der Waals surface area contributed by atoms with Crippen LogP contribution in [0.4, 0.5) is 0 Å². The second kappa shape index (κ2) is 14.1. The molecule has 1 unspecified atom stereocenters. The minimum atomic E-state index is 0. The number of aryl methyl sites for hydroxylation is 2. The van der Waals surface area contributed by atoms with Crippen molar-refractivity contribution >= 4 is 21.2 Å². The third-order valence-electron chi connectivity index (χ3n) is 4.20. The molecule has 0 bridgehead atoms. The zero-order valence-electron chi connectivity index (χ0n) is 15.7. The van der Waals surface area contributed by atoms with Crippen LogP contribution in [0.2, 0.25) is 0 Å². The molecule has 133 valence electrons. The van der Waals surface area contributed by atoms with Crippen LogP contribution in [0.5, 0.6) is 0 Å². The quantitative estimate of drug-likeness (QED) is 0.282. The summed E-state index contributed by atoms with van der Waals surface area (Å²) in [4.78, 5) is 2.64. The first-order valence-electron chi connectivity index (χ1n) is 7.66. The minimum Gasteiger partial charge on any atom is -0.346 e. The van der Waals surface area contributed by atoms with Gasteiger partial charge in [0.2, 0.25) is 0 Å². The Balaban J connectivity index is -0.000000850. The van der Waals surface area contributed by atoms with Gasteiger partial charge in [-0.05, 0) is 17.7 Å². The van der Waals surface area contributed by atoms with E-state index in [2.05, 4.69) is 71.9 Å². The van der Waals surface area contributed by atoms with Gasteiger partial charge in [0.25, 0.3) is 0 Å². The van der Waals surface area contributed by atoms with Crippen molar-refractivity contribution in [2.75, 3.05) is 0 Å². The van der Waals surface area contributed by atoms with Crippen molar-refractivity contribution in [3.8, 4) is 0 Å². The molecule has 0 aliphatic carbocycles. The number of hydrogen-bond acceptors (Lipinski definition) is 1. The van der Waals surface area contributed by atoms with Crippen LogP contribution < -0.4 is 0 Å². The predicted octanol–water partition coefficient (Wildman–Crippen LogP) is 6.35. The summed E-state index contributed by atoms with van der Waals surface area (Å²) in [6.07, 6.45) is 2.23. The molecule has 1 atom stereocenters. The van der Waals surface area contributed by atoms with Crippen molar-refractivity contribution in [3.63, 3.8) is 0 Å². The Kier molecular flexibility index (Phi) is 17.5. The van der Waals surface area contributed by atoms with E-state index in [0.29, 0.717) is 0 Å². The number of rotatable bonds is 4. The molecule has 0 saturated heterocycles. The summed E-state index contributed by atoms with van der Waals surface area (Å²) in [6.45, 7) is 18.0. The van der Waals surface area contributed by atoms with E-state index >= 15 is 0 Å². The van der Waals surface area contributed by atoms with Gasteiger partial charge in [0.1, 0.15) is 0 Å². The Bertz CT molecular complexity index is 557. The second-order valence-corrected chi connectivity index (χ2v) is 6.40. The molecular weight excluding hydrogens is 576 g/mol. The van der Waals surface area contributed by atoms with Crippen LogP contribution in [0.15, 0.2) is 24.3 Å². The Morgan fingerprint density at radius 3 is 2.04 bits per heavy atom. The van der Waals surface area contributed by atoms with Gasteiger partial charge in [-0.2, -0.15) is 63.6 Å². The van der Waals surface area contributed by atoms with Crippen molar-refractivity contribution in [1.29, 1.82) is 0 Å². The molecule has 2 aromatic rings. The molecule has 24 heavy (non-hydrogen) atoms. The van der Waals surface area contributed by atoms with Crippen LogP contribution in [0.25, 0.3) is 0 Å². The molecule has 4 heteroatoms. The summed E-state index contributed by atoms with van der Waals surface area (Å²) < 4.78 is 0. The molecule has 2 rings (SSSR count). The molecule has 1 aromatic carbocycles. The first-order chi connectivity index (χ1) is 10.0. The monoisotopic (exact) mass is 606 g/mol. The van der Waals surface area contributed by atoms with Crippen LogP contribution in [-0.2, 0) is 59.2 Å². The number of thiophene rings is 1. The molecule has 0 amide bonds. The van der Waals surface area contributed by atoms with Gasteiger partial charge in [-0.1, -0.05) is 20.8 Å². The molecule has 0 spiro atoms. The maximum absolute atomic E-state index is 4.15. The van der Waals surface area contributed by atoms with Gasteiger partial charge in [0, 0.05) is 59.2 Å². The van der Waals surface area contributed by atoms with Crippen LogP contribution in [-0.4, -0.2) is 0 Å². The Labute approximate surface area is 196 Å². The smallest absolute Gasteiger partial charge is 0.00543 e. The summed E-state index contributed by atoms with van der Waals surface area (Å²) in [5.41, 5.74) is 4.07. The van der Waals surface area contributed by atoms with E-state index in [0.717, 1.165) is 12.8 Å². The average Bonchev–Trinajstić information content (AvgIpc) is 2.83. The molecule has 1 aromatic heterocycles. The Morgan fingerprint density at radius 2 is 1.67 bits per heavy atom. The van der Waals surface area contributed by atoms with Gasteiger partial charge in [-0.3, -0.25) is 0 Å². The van der Waals surface area contributed by atoms with Crippen molar-refractivity contribution in [3.05, 3.63) is 70.6 Å². The third kappa shape index (κ3) is 6.63. The van der Waals surface area contributed by atoms with E-state index in [1.54, 1.807) is 6.92 Å². The van der Waals surface area contributed by atoms with E-state index in [1.165, 1.54) is 26.4 Å². The SMILES string of the molecule is P.[CH2-]C.[CH2-]c1sc(C(CC)(CC)c2cc[c-]c(C)c2)cc1C.[W].[Y]. The zero-order valence-corrected chi connectivity index (χ0v) is 23.7. The molecule has 1 heterocycles. The summed E-state index contributed by atoms with van der Waals surface area (Å²) in [6, 6.07) is 12.1. The predicted molar refractivity (Wildman–Crippen MR) is 107 cm³/mol. The average molecular weight is 606 g/mol. The summed E-state index contributed by atoms with van der Waals surface area (Å²) >= 11 is 1.85. The molecular formula is C20H30PSWY-3. The van der Waals surface area contributed by atoms with Crippen LogP contribution in [0.3, 0.4) is 0 Å². The largest absolute Gasteiger partial charge is 0.346 e. The van der Waals surface area contributed by atoms with Crippen molar-refractivity contribution < 1.29 is 53.8 Å². The summed E-state index contributed by atoms with van der Waals surface area (Å²) in [7, 11) is 0. The fourth-order valence-electron chi connectivity index (χ4n) is 2.79. The van der Waals surface area contributed by atoms with E-state index in [4.69, 9.17) is 0 Å². The van der Waals surface area contributed by atoms with Crippen molar-refractivity contribution in [2.45, 2.75) is 52.9 Å². The second-order valence-electron chi connectivity index (χ2n) is 5.27. The molecule has 0 N–H and O–H groups in total. The standard InChI is InChI=1S/C18H22S.C2H5.H3P.W.Y/c1-6-18(7-2,16-10-8-9-13(3)11-16)17-12-14(4)15(5)19-17;1-2;;;/h8,10-12H,5-7H2,1-4H3;1H2,2H3;1H3;;/q-2;-1;;;. The summed E-state index contributed by atoms with van der Waals surface area (Å²) in [5, 5.41) is 0. The normalized spacial score (nSPS) is 9.58. The van der Waals surface area contributed by atoms with E-state index in [9.17, 15) is 0 Å². The van der Waals surface area contributed by atoms with Gasteiger partial charge in [-0.25, -0.2) is 6.92 Å². The Hall–Kier alpha value is 1.01. The van der Waals surface area contributed by atoms with Crippen LogP contribution in [0.1, 0.15) is 60.1 Å². The van der Waals surface area contributed by atoms with Crippen LogP contribution in [0, 0.1) is 33.8 Å². The number of hydrogen-bond donors (Lipinski definition) is 0. The van der Waals surface area contributed by atoms with Crippen molar-refractivity contribution in [2.24, 2.45) is 0 Å². The van der Waals surface area contributed by atoms with Gasteiger partial charge < -0.3 is 6.92 Å². The number of benzene rings is 1. The van der Waals surface area contributed by atoms with Gasteiger partial charge in [0.15, 0.2) is 0 Å². The first kappa shape index (κ1) is 29.8. The first-order valence-corrected chi connectivity index (χ1v) is 8.47. The molecule has 0 aliphatic heterocycles. The van der Waals surface area contributed by atoms with Crippen molar-refractivity contribution in [1.82, 2.24) is 0 Å². The maximum Gasteiger partial charge on any atom is 0.00543 e. The maximum atomic E-state index is 4.15. The molecule has 1 radical (unpaired) electrons. The van der Waals surface area contributed by atoms with E-state index < -0.39 is 0 Å². The summed E-state index contributed by atoms with van der Waals surface area (Å²) in [5.74, 6) is 0. The molecule has 0 aliphatic rings. The molecule has 0 saturated carbocycles. The van der Waals surface area contributed by atoms with Gasteiger partial charge >= 0.3 is 0 Å². The van der Waals surface area contributed by atoms with Gasteiger partial charge in [0.05, 0.1) is 0 Å². The van der Waals surface area contributed by atoms with Gasteiger partial charge in [-0.15, -0.1) is 23.4 Å². The molecule has 0 nitrogen and oxygen atoms in total.